The summed E-state index contributed by atoms with van der Waals surface area (Å²) in [6.45, 7) is 0. The van der Waals surface area contributed by atoms with Crippen LogP contribution in [0.1, 0.15) is 11.1 Å². The van der Waals surface area contributed by atoms with Gasteiger partial charge in [-0.25, -0.2) is 0 Å². The Morgan fingerprint density at radius 2 is 1.24 bits per heavy atom. The average molecular weight is 552 g/mol. The minimum atomic E-state index is 0.596. The van der Waals surface area contributed by atoms with E-state index in [-0.39, 0.29) is 0 Å². The van der Waals surface area contributed by atoms with Gasteiger partial charge in [-0.05, 0) is 76.9 Å². The van der Waals surface area contributed by atoms with Crippen molar-refractivity contribution < 1.29 is 0 Å². The van der Waals surface area contributed by atoms with Crippen LogP contribution in [0.2, 0.25) is 0 Å². The molecule has 0 saturated carbocycles. The quantitative estimate of drug-likeness (QED) is 0.219. The van der Waals surface area contributed by atoms with Crippen LogP contribution in [0.3, 0.4) is 0 Å². The molecule has 8 rings (SSSR count). The Balaban J connectivity index is 1.32. The molecular formula is C38H21N3S. The van der Waals surface area contributed by atoms with E-state index in [2.05, 4.69) is 102 Å². The molecular weight excluding hydrogens is 531 g/mol. The van der Waals surface area contributed by atoms with Gasteiger partial charge in [0.05, 0.1) is 34.3 Å². The van der Waals surface area contributed by atoms with Gasteiger partial charge in [0.2, 0.25) is 0 Å². The molecule has 0 unspecified atom stereocenters. The van der Waals surface area contributed by atoms with Crippen LogP contribution in [0, 0.1) is 22.7 Å². The van der Waals surface area contributed by atoms with E-state index in [4.69, 9.17) is 0 Å². The molecule has 0 radical (unpaired) electrons. The van der Waals surface area contributed by atoms with E-state index in [0.717, 1.165) is 44.2 Å². The van der Waals surface area contributed by atoms with Crippen molar-refractivity contribution in [3.8, 4) is 40.1 Å². The molecule has 0 N–H and O–H groups in total. The van der Waals surface area contributed by atoms with Gasteiger partial charge in [0.25, 0.3) is 0 Å². The SMILES string of the molecule is N#Cc1cc(-c2cccc(-c3cccc4c3sc3ccccc34)c2)cc(-n2c3ccccc3c3cc(C#N)ccc32)c1. The van der Waals surface area contributed by atoms with Crippen LogP contribution in [0.4, 0.5) is 0 Å². The zero-order valence-corrected chi connectivity index (χ0v) is 23.2. The van der Waals surface area contributed by atoms with Gasteiger partial charge in [-0.3, -0.25) is 0 Å². The van der Waals surface area contributed by atoms with Crippen LogP contribution in [-0.2, 0) is 0 Å². The van der Waals surface area contributed by atoms with Crippen LogP contribution in [0.5, 0.6) is 0 Å². The molecule has 42 heavy (non-hydrogen) atoms. The van der Waals surface area contributed by atoms with E-state index < -0.39 is 0 Å². The van der Waals surface area contributed by atoms with Crippen LogP contribution in [-0.4, -0.2) is 4.57 Å². The molecule has 4 heteroatoms. The van der Waals surface area contributed by atoms with Crippen molar-refractivity contribution in [2.24, 2.45) is 0 Å². The number of para-hydroxylation sites is 1. The molecule has 0 spiro atoms. The number of nitriles is 2. The maximum Gasteiger partial charge on any atom is 0.0992 e. The lowest BCUT2D eigenvalue weighted by Gasteiger charge is -2.12. The first-order chi connectivity index (χ1) is 20.7. The largest absolute Gasteiger partial charge is 0.309 e. The molecule has 0 aliphatic carbocycles. The highest BCUT2D eigenvalue weighted by Crippen LogP contribution is 2.41. The molecule has 0 saturated heterocycles. The molecule has 0 aliphatic heterocycles. The Morgan fingerprint density at radius 1 is 0.500 bits per heavy atom. The van der Waals surface area contributed by atoms with E-state index in [1.165, 1.54) is 25.7 Å². The van der Waals surface area contributed by atoms with Crippen molar-refractivity contribution in [2.75, 3.05) is 0 Å². The second kappa shape index (κ2) is 9.46. The third-order valence-corrected chi connectivity index (χ3v) is 9.24. The smallest absolute Gasteiger partial charge is 0.0992 e. The van der Waals surface area contributed by atoms with Crippen LogP contribution in [0.15, 0.2) is 127 Å². The fourth-order valence-corrected chi connectivity index (χ4v) is 7.37. The molecule has 3 nitrogen and oxygen atoms in total. The summed E-state index contributed by atoms with van der Waals surface area (Å²) in [5.74, 6) is 0. The first kappa shape index (κ1) is 24.1. The summed E-state index contributed by atoms with van der Waals surface area (Å²) < 4.78 is 4.76. The van der Waals surface area contributed by atoms with Crippen molar-refractivity contribution in [2.45, 2.75) is 0 Å². The average Bonchev–Trinajstić information content (AvgIpc) is 3.60. The number of hydrogen-bond acceptors (Lipinski definition) is 3. The molecule has 2 aromatic heterocycles. The Hall–Kier alpha value is -5.68. The van der Waals surface area contributed by atoms with Crippen LogP contribution in [0.25, 0.3) is 69.9 Å². The van der Waals surface area contributed by atoms with Gasteiger partial charge in [-0.1, -0.05) is 72.8 Å². The van der Waals surface area contributed by atoms with Gasteiger partial charge in [0.15, 0.2) is 0 Å². The molecule has 0 aliphatic rings. The molecule has 0 bridgehead atoms. The van der Waals surface area contributed by atoms with Gasteiger partial charge < -0.3 is 4.57 Å². The first-order valence-corrected chi connectivity index (χ1v) is 14.5. The summed E-state index contributed by atoms with van der Waals surface area (Å²) in [6, 6.07) is 48.4. The van der Waals surface area contributed by atoms with Gasteiger partial charge >= 0.3 is 0 Å². The Bertz CT molecular complexity index is 2450. The number of nitrogens with zero attached hydrogens (tertiary/aromatic N) is 3. The van der Waals surface area contributed by atoms with Gasteiger partial charge in [0.1, 0.15) is 0 Å². The lowest BCUT2D eigenvalue weighted by Crippen LogP contribution is -1.96. The lowest BCUT2D eigenvalue weighted by atomic mass is 9.96. The summed E-state index contributed by atoms with van der Waals surface area (Å²) in [7, 11) is 0. The normalized spacial score (nSPS) is 11.3. The standard InChI is InChI=1S/C38H21N3S/c39-22-24-15-16-36-34(19-24)31-9-1-3-13-35(31)41(36)29-18-25(23-40)17-28(21-29)26-7-5-8-27(20-26)30-11-6-12-33-32-10-2-4-14-37(32)42-38(30)33/h1-21H. The topological polar surface area (TPSA) is 52.5 Å². The number of thiophene rings is 1. The molecule has 6 aromatic carbocycles. The number of benzene rings is 6. The summed E-state index contributed by atoms with van der Waals surface area (Å²) in [4.78, 5) is 0. The molecule has 0 fully saturated rings. The van der Waals surface area contributed by atoms with Gasteiger partial charge in [-0.15, -0.1) is 11.3 Å². The summed E-state index contributed by atoms with van der Waals surface area (Å²) >= 11 is 1.83. The van der Waals surface area contributed by atoms with E-state index >= 15 is 0 Å². The van der Waals surface area contributed by atoms with Gasteiger partial charge in [0, 0.05) is 36.6 Å². The van der Waals surface area contributed by atoms with Crippen LogP contribution < -0.4 is 0 Å². The summed E-state index contributed by atoms with van der Waals surface area (Å²) in [6.07, 6.45) is 0. The van der Waals surface area contributed by atoms with Crippen molar-refractivity contribution >= 4 is 53.3 Å². The Morgan fingerprint density at radius 3 is 2.12 bits per heavy atom. The summed E-state index contributed by atoms with van der Waals surface area (Å²) in [5, 5.41) is 24.2. The van der Waals surface area contributed by atoms with Crippen molar-refractivity contribution in [1.29, 1.82) is 10.5 Å². The molecule has 194 valence electrons. The maximum atomic E-state index is 10.1. The minimum Gasteiger partial charge on any atom is -0.309 e. The predicted molar refractivity (Wildman–Crippen MR) is 174 cm³/mol. The second-order valence-electron chi connectivity index (χ2n) is 10.4. The third kappa shape index (κ3) is 3.71. The fraction of sp³-hybridized carbons (Fsp3) is 0. The fourth-order valence-electron chi connectivity index (χ4n) is 6.13. The zero-order chi connectivity index (χ0) is 28.2. The highest BCUT2D eigenvalue weighted by molar-refractivity contribution is 7.26. The molecule has 2 heterocycles. The number of rotatable bonds is 3. The number of fused-ring (bicyclic) bond motifs is 6. The molecule has 0 amide bonds. The monoisotopic (exact) mass is 551 g/mol. The van der Waals surface area contributed by atoms with E-state index in [1.54, 1.807) is 0 Å². The van der Waals surface area contributed by atoms with E-state index in [1.807, 2.05) is 53.8 Å². The maximum absolute atomic E-state index is 10.1. The van der Waals surface area contributed by atoms with Crippen molar-refractivity contribution in [3.05, 3.63) is 139 Å². The molecule has 0 atom stereocenters. The Labute approximate surface area is 246 Å². The van der Waals surface area contributed by atoms with Gasteiger partial charge in [-0.2, -0.15) is 10.5 Å². The summed E-state index contributed by atoms with van der Waals surface area (Å²) in [5.41, 5.74) is 8.57. The Kier molecular flexibility index (Phi) is 5.44. The second-order valence-corrected chi connectivity index (χ2v) is 11.5. The first-order valence-electron chi connectivity index (χ1n) is 13.7. The highest BCUT2D eigenvalue weighted by Gasteiger charge is 2.15. The lowest BCUT2D eigenvalue weighted by molar-refractivity contribution is 1.18. The zero-order valence-electron chi connectivity index (χ0n) is 22.4. The molecule has 8 aromatic rings. The number of hydrogen-bond donors (Lipinski definition) is 0. The van der Waals surface area contributed by atoms with Crippen molar-refractivity contribution in [3.63, 3.8) is 0 Å². The third-order valence-electron chi connectivity index (χ3n) is 8.02. The highest BCUT2D eigenvalue weighted by atomic mass is 32.1. The number of aromatic nitrogens is 1. The van der Waals surface area contributed by atoms with Crippen LogP contribution >= 0.6 is 11.3 Å². The predicted octanol–water partition coefficient (Wildman–Crippen LogP) is 10.2. The van der Waals surface area contributed by atoms with E-state index in [0.29, 0.717) is 11.1 Å². The van der Waals surface area contributed by atoms with E-state index in [9.17, 15) is 10.5 Å². The minimum absolute atomic E-state index is 0.596. The van der Waals surface area contributed by atoms with Crippen molar-refractivity contribution in [1.82, 2.24) is 4.57 Å².